The number of carboxylic acids is 1. The number of alkyl halides is 2. The lowest BCUT2D eigenvalue weighted by Crippen LogP contribution is -1.96. The number of hydrogen-bond donors (Lipinski definition) is 1. The standard InChI is InChI=1S/C8H8F2O2S/c1-2-5-4(8(11)12)3-6(13-5)7(9)10/h3,7H,2H2,1H3,(H,11,12). The molecule has 72 valence electrons. The number of aromatic carboxylic acids is 1. The molecule has 0 saturated heterocycles. The van der Waals surface area contributed by atoms with Gasteiger partial charge < -0.3 is 5.11 Å². The topological polar surface area (TPSA) is 37.3 Å². The second kappa shape index (κ2) is 3.83. The van der Waals surface area contributed by atoms with Crippen LogP contribution >= 0.6 is 11.3 Å². The second-order valence-electron chi connectivity index (χ2n) is 2.45. The number of hydrogen-bond acceptors (Lipinski definition) is 2. The van der Waals surface area contributed by atoms with Crippen molar-refractivity contribution in [1.29, 1.82) is 0 Å². The number of aryl methyl sites for hydroxylation is 1. The van der Waals surface area contributed by atoms with Crippen molar-refractivity contribution in [1.82, 2.24) is 0 Å². The van der Waals surface area contributed by atoms with Gasteiger partial charge in [-0.3, -0.25) is 0 Å². The van der Waals surface area contributed by atoms with Gasteiger partial charge in [0.2, 0.25) is 0 Å². The van der Waals surface area contributed by atoms with Crippen LogP contribution in [-0.2, 0) is 6.42 Å². The Bertz CT molecular complexity index is 320. The van der Waals surface area contributed by atoms with Crippen molar-refractivity contribution in [3.8, 4) is 0 Å². The molecule has 0 aromatic carbocycles. The van der Waals surface area contributed by atoms with E-state index in [1.54, 1.807) is 6.92 Å². The molecule has 1 aromatic heterocycles. The van der Waals surface area contributed by atoms with Gasteiger partial charge in [0, 0.05) is 4.88 Å². The van der Waals surface area contributed by atoms with Crippen molar-refractivity contribution in [3.63, 3.8) is 0 Å². The number of carboxylic acid groups (broad SMARTS) is 1. The molecule has 13 heavy (non-hydrogen) atoms. The third-order valence-electron chi connectivity index (χ3n) is 1.59. The number of rotatable bonds is 3. The molecule has 0 aliphatic heterocycles. The summed E-state index contributed by atoms with van der Waals surface area (Å²) in [6.07, 6.45) is -2.11. The first-order valence-electron chi connectivity index (χ1n) is 3.70. The predicted octanol–water partition coefficient (Wildman–Crippen LogP) is 2.95. The number of halogens is 2. The highest BCUT2D eigenvalue weighted by atomic mass is 32.1. The van der Waals surface area contributed by atoms with Crippen molar-refractivity contribution in [3.05, 3.63) is 21.4 Å². The van der Waals surface area contributed by atoms with Gasteiger partial charge in [-0.25, -0.2) is 13.6 Å². The van der Waals surface area contributed by atoms with Crippen LogP contribution in [0.25, 0.3) is 0 Å². The molecule has 0 unspecified atom stereocenters. The van der Waals surface area contributed by atoms with E-state index in [0.717, 1.165) is 17.4 Å². The number of carbonyl (C=O) groups is 1. The summed E-state index contributed by atoms with van der Waals surface area (Å²) in [6.45, 7) is 1.74. The van der Waals surface area contributed by atoms with E-state index in [-0.39, 0.29) is 10.4 Å². The lowest BCUT2D eigenvalue weighted by molar-refractivity contribution is 0.0696. The van der Waals surface area contributed by atoms with Crippen LogP contribution in [-0.4, -0.2) is 11.1 Å². The highest BCUT2D eigenvalue weighted by Crippen LogP contribution is 2.30. The molecule has 0 fully saturated rings. The molecule has 0 saturated carbocycles. The van der Waals surface area contributed by atoms with Gasteiger partial charge in [0.25, 0.3) is 6.43 Å². The summed E-state index contributed by atoms with van der Waals surface area (Å²) in [5, 5.41) is 8.65. The van der Waals surface area contributed by atoms with Crippen LogP contribution in [0.4, 0.5) is 8.78 Å². The van der Waals surface area contributed by atoms with Crippen LogP contribution in [0.1, 0.15) is 33.5 Å². The van der Waals surface area contributed by atoms with Crippen LogP contribution in [0.15, 0.2) is 6.07 Å². The van der Waals surface area contributed by atoms with Gasteiger partial charge in [-0.15, -0.1) is 11.3 Å². The van der Waals surface area contributed by atoms with Gasteiger partial charge in [-0.1, -0.05) is 6.92 Å². The molecule has 0 atom stereocenters. The van der Waals surface area contributed by atoms with Crippen molar-refractivity contribution in [2.45, 2.75) is 19.8 Å². The summed E-state index contributed by atoms with van der Waals surface area (Å²) in [5.41, 5.74) is 0.00259. The molecule has 0 spiro atoms. The first kappa shape index (κ1) is 10.1. The van der Waals surface area contributed by atoms with E-state index in [9.17, 15) is 13.6 Å². The molecule has 5 heteroatoms. The third-order valence-corrected chi connectivity index (χ3v) is 2.88. The minimum absolute atomic E-state index is 0.00259. The first-order chi connectivity index (χ1) is 6.06. The molecule has 0 amide bonds. The fraction of sp³-hybridized carbons (Fsp3) is 0.375. The first-order valence-corrected chi connectivity index (χ1v) is 4.52. The second-order valence-corrected chi connectivity index (χ2v) is 3.61. The fourth-order valence-electron chi connectivity index (χ4n) is 1.00. The lowest BCUT2D eigenvalue weighted by Gasteiger charge is -1.91. The van der Waals surface area contributed by atoms with E-state index in [2.05, 4.69) is 0 Å². The van der Waals surface area contributed by atoms with Gasteiger partial charge in [0.05, 0.1) is 10.4 Å². The minimum atomic E-state index is -2.58. The van der Waals surface area contributed by atoms with Crippen molar-refractivity contribution >= 4 is 17.3 Å². The molecule has 0 aliphatic rings. The van der Waals surface area contributed by atoms with Crippen molar-refractivity contribution < 1.29 is 18.7 Å². The van der Waals surface area contributed by atoms with Crippen molar-refractivity contribution in [2.75, 3.05) is 0 Å². The molecule has 0 radical (unpaired) electrons. The Morgan fingerprint density at radius 1 is 1.69 bits per heavy atom. The average molecular weight is 206 g/mol. The minimum Gasteiger partial charge on any atom is -0.478 e. The zero-order valence-corrected chi connectivity index (χ0v) is 7.70. The average Bonchev–Trinajstić information content (AvgIpc) is 2.47. The van der Waals surface area contributed by atoms with Gasteiger partial charge in [0.15, 0.2) is 0 Å². The molecular formula is C8H8F2O2S. The molecule has 0 bridgehead atoms. The maximum absolute atomic E-state index is 12.2. The number of thiophene rings is 1. The zero-order valence-electron chi connectivity index (χ0n) is 6.88. The van der Waals surface area contributed by atoms with Gasteiger partial charge >= 0.3 is 5.97 Å². The third kappa shape index (κ3) is 2.03. The summed E-state index contributed by atoms with van der Waals surface area (Å²) in [5.74, 6) is -1.14. The largest absolute Gasteiger partial charge is 0.478 e. The predicted molar refractivity (Wildman–Crippen MR) is 45.6 cm³/mol. The molecule has 0 aliphatic carbocycles. The van der Waals surface area contributed by atoms with Crippen molar-refractivity contribution in [2.24, 2.45) is 0 Å². The Kier molecular flexibility index (Phi) is 2.98. The Morgan fingerprint density at radius 2 is 2.31 bits per heavy atom. The monoisotopic (exact) mass is 206 g/mol. The quantitative estimate of drug-likeness (QED) is 0.825. The summed E-state index contributed by atoms with van der Waals surface area (Å²) in [7, 11) is 0. The van der Waals surface area contributed by atoms with Gasteiger partial charge in [-0.05, 0) is 12.5 Å². The molecular weight excluding hydrogens is 198 g/mol. The van der Waals surface area contributed by atoms with Gasteiger partial charge in [0.1, 0.15) is 0 Å². The van der Waals surface area contributed by atoms with Crippen LogP contribution in [0, 0.1) is 0 Å². The van der Waals surface area contributed by atoms with E-state index in [0.29, 0.717) is 11.3 Å². The highest BCUT2D eigenvalue weighted by molar-refractivity contribution is 7.12. The molecule has 2 nitrogen and oxygen atoms in total. The molecule has 1 N–H and O–H groups in total. The summed E-state index contributed by atoms with van der Waals surface area (Å²) >= 11 is 0.865. The summed E-state index contributed by atoms with van der Waals surface area (Å²) < 4.78 is 24.4. The SMILES string of the molecule is CCc1sc(C(F)F)cc1C(=O)O. The smallest absolute Gasteiger partial charge is 0.336 e. The van der Waals surface area contributed by atoms with Crippen LogP contribution in [0.5, 0.6) is 0 Å². The Hall–Kier alpha value is -0.970. The zero-order chi connectivity index (χ0) is 10.0. The normalized spacial score (nSPS) is 10.8. The van der Waals surface area contributed by atoms with Crippen LogP contribution in [0.2, 0.25) is 0 Å². The Balaban J connectivity index is 3.11. The molecule has 1 aromatic rings. The maximum Gasteiger partial charge on any atom is 0.336 e. The fourth-order valence-corrected chi connectivity index (χ4v) is 1.95. The van der Waals surface area contributed by atoms with E-state index >= 15 is 0 Å². The maximum atomic E-state index is 12.2. The van der Waals surface area contributed by atoms with E-state index in [1.165, 1.54) is 0 Å². The summed E-state index contributed by atoms with van der Waals surface area (Å²) in [4.78, 5) is 10.9. The molecule has 1 heterocycles. The van der Waals surface area contributed by atoms with Crippen LogP contribution in [0.3, 0.4) is 0 Å². The van der Waals surface area contributed by atoms with E-state index in [1.807, 2.05) is 0 Å². The van der Waals surface area contributed by atoms with E-state index < -0.39 is 12.4 Å². The van der Waals surface area contributed by atoms with E-state index in [4.69, 9.17) is 5.11 Å². The lowest BCUT2D eigenvalue weighted by atomic mass is 10.2. The highest BCUT2D eigenvalue weighted by Gasteiger charge is 2.18. The Labute approximate surface area is 77.8 Å². The van der Waals surface area contributed by atoms with Crippen LogP contribution < -0.4 is 0 Å². The Morgan fingerprint density at radius 3 is 2.62 bits per heavy atom. The van der Waals surface area contributed by atoms with Gasteiger partial charge in [-0.2, -0.15) is 0 Å². The summed E-state index contributed by atoms with van der Waals surface area (Å²) in [6, 6.07) is 1.05. The molecule has 1 rings (SSSR count).